The van der Waals surface area contributed by atoms with Gasteiger partial charge in [0.2, 0.25) is 10.0 Å². The van der Waals surface area contributed by atoms with Crippen molar-refractivity contribution in [1.29, 1.82) is 0 Å². The summed E-state index contributed by atoms with van der Waals surface area (Å²) in [6, 6.07) is 7.74. The summed E-state index contributed by atoms with van der Waals surface area (Å²) < 4.78 is 26.0. The fourth-order valence-electron chi connectivity index (χ4n) is 2.52. The maximum Gasteiger partial charge on any atom is 0.242 e. The first-order chi connectivity index (χ1) is 9.46. The van der Waals surface area contributed by atoms with Gasteiger partial charge in [0.05, 0.1) is 4.90 Å². The molecule has 0 aliphatic heterocycles. The fourth-order valence-corrected chi connectivity index (χ4v) is 3.65. The molecule has 0 bridgehead atoms. The highest BCUT2D eigenvalue weighted by molar-refractivity contribution is 7.89. The van der Waals surface area contributed by atoms with Gasteiger partial charge in [0.1, 0.15) is 0 Å². The van der Waals surface area contributed by atoms with Crippen molar-refractivity contribution in [1.82, 2.24) is 9.62 Å². The largest absolute Gasteiger partial charge is 0.314 e. The van der Waals surface area contributed by atoms with Crippen molar-refractivity contribution in [3.63, 3.8) is 0 Å². The summed E-state index contributed by atoms with van der Waals surface area (Å²) in [5, 5.41) is 3.49. The molecule has 1 N–H and O–H groups in total. The van der Waals surface area contributed by atoms with E-state index in [2.05, 4.69) is 12.2 Å². The molecule has 1 unspecified atom stereocenters. The molecule has 1 aromatic carbocycles. The van der Waals surface area contributed by atoms with Crippen LogP contribution >= 0.6 is 0 Å². The van der Waals surface area contributed by atoms with Gasteiger partial charge in [-0.1, -0.05) is 25.1 Å². The molecular formula is C15H24N2O2S. The van der Waals surface area contributed by atoms with Gasteiger partial charge in [-0.2, -0.15) is 0 Å². The molecule has 0 aromatic heterocycles. The highest BCUT2D eigenvalue weighted by Gasteiger charge is 2.32. The standard InChI is InChI=1S/C15H24N2O2S/c1-4-16-14(12-9-10-12)11-13-7-5-6-8-15(13)20(18,19)17(2)3/h5-8,12,14,16H,4,9-11H2,1-3H3. The summed E-state index contributed by atoms with van der Waals surface area (Å²) in [6.45, 7) is 3.02. The average molecular weight is 296 g/mol. The summed E-state index contributed by atoms with van der Waals surface area (Å²) in [7, 11) is -0.212. The highest BCUT2D eigenvalue weighted by Crippen LogP contribution is 2.35. The zero-order valence-corrected chi connectivity index (χ0v) is 13.3. The predicted octanol–water partition coefficient (Wildman–Crippen LogP) is 1.87. The Hall–Kier alpha value is -0.910. The zero-order valence-electron chi connectivity index (χ0n) is 12.5. The molecule has 1 atom stereocenters. The number of likely N-dealkylation sites (N-methyl/N-ethyl adjacent to an activating group) is 1. The average Bonchev–Trinajstić information content (AvgIpc) is 3.23. The quantitative estimate of drug-likeness (QED) is 0.835. The second kappa shape index (κ2) is 6.24. The van der Waals surface area contributed by atoms with E-state index in [1.165, 1.54) is 17.1 Å². The first kappa shape index (κ1) is 15.5. The molecule has 2 rings (SSSR count). The van der Waals surface area contributed by atoms with Crippen LogP contribution in [-0.2, 0) is 16.4 Å². The molecule has 112 valence electrons. The van der Waals surface area contributed by atoms with Crippen LogP contribution in [-0.4, -0.2) is 39.4 Å². The molecule has 0 spiro atoms. The molecule has 1 saturated carbocycles. The van der Waals surface area contributed by atoms with Gasteiger partial charge in [0.25, 0.3) is 0 Å². The van der Waals surface area contributed by atoms with Gasteiger partial charge >= 0.3 is 0 Å². The van der Waals surface area contributed by atoms with Gasteiger partial charge in [0, 0.05) is 20.1 Å². The third-order valence-corrected chi connectivity index (χ3v) is 5.74. The second-order valence-corrected chi connectivity index (χ2v) is 7.72. The molecule has 0 radical (unpaired) electrons. The summed E-state index contributed by atoms with van der Waals surface area (Å²) in [5.41, 5.74) is 0.916. The van der Waals surface area contributed by atoms with E-state index in [9.17, 15) is 8.42 Å². The smallest absolute Gasteiger partial charge is 0.242 e. The van der Waals surface area contributed by atoms with Crippen LogP contribution in [0.1, 0.15) is 25.3 Å². The summed E-state index contributed by atoms with van der Waals surface area (Å²) in [4.78, 5) is 0.438. The minimum Gasteiger partial charge on any atom is -0.314 e. The van der Waals surface area contributed by atoms with Crippen LogP contribution in [0.15, 0.2) is 29.2 Å². The lowest BCUT2D eigenvalue weighted by molar-refractivity contribution is 0.467. The molecule has 1 aliphatic carbocycles. The highest BCUT2D eigenvalue weighted by atomic mass is 32.2. The van der Waals surface area contributed by atoms with Gasteiger partial charge in [-0.05, 0) is 43.4 Å². The summed E-state index contributed by atoms with van der Waals surface area (Å²) >= 11 is 0. The van der Waals surface area contributed by atoms with Gasteiger partial charge < -0.3 is 5.32 Å². The van der Waals surface area contributed by atoms with Crippen molar-refractivity contribution in [2.45, 2.75) is 37.1 Å². The van der Waals surface area contributed by atoms with E-state index in [1.807, 2.05) is 12.1 Å². The predicted molar refractivity (Wildman–Crippen MR) is 81.2 cm³/mol. The number of hydrogen-bond donors (Lipinski definition) is 1. The maximum absolute atomic E-state index is 12.4. The van der Waals surface area contributed by atoms with E-state index >= 15 is 0 Å². The van der Waals surface area contributed by atoms with Crippen LogP contribution < -0.4 is 5.32 Å². The Morgan fingerprint density at radius 2 is 1.95 bits per heavy atom. The lowest BCUT2D eigenvalue weighted by Crippen LogP contribution is -2.34. The normalized spacial score (nSPS) is 17.4. The number of benzene rings is 1. The van der Waals surface area contributed by atoms with Crippen LogP contribution in [0.3, 0.4) is 0 Å². The molecule has 4 nitrogen and oxygen atoms in total. The zero-order chi connectivity index (χ0) is 14.8. The lowest BCUT2D eigenvalue weighted by Gasteiger charge is -2.20. The van der Waals surface area contributed by atoms with E-state index < -0.39 is 10.0 Å². The van der Waals surface area contributed by atoms with Crippen LogP contribution in [0.25, 0.3) is 0 Å². The fraction of sp³-hybridized carbons (Fsp3) is 0.600. The van der Waals surface area contributed by atoms with Gasteiger partial charge in [-0.15, -0.1) is 0 Å². The van der Waals surface area contributed by atoms with Crippen LogP contribution in [0.2, 0.25) is 0 Å². The molecule has 1 fully saturated rings. The Morgan fingerprint density at radius 1 is 1.30 bits per heavy atom. The molecule has 0 amide bonds. The van der Waals surface area contributed by atoms with Crippen molar-refractivity contribution >= 4 is 10.0 Å². The van der Waals surface area contributed by atoms with Gasteiger partial charge in [0.15, 0.2) is 0 Å². The van der Waals surface area contributed by atoms with Crippen molar-refractivity contribution in [2.24, 2.45) is 5.92 Å². The maximum atomic E-state index is 12.4. The van der Waals surface area contributed by atoms with E-state index in [-0.39, 0.29) is 0 Å². The van der Waals surface area contributed by atoms with Crippen molar-refractivity contribution < 1.29 is 8.42 Å². The Balaban J connectivity index is 2.28. The van der Waals surface area contributed by atoms with Crippen LogP contribution in [0.5, 0.6) is 0 Å². The topological polar surface area (TPSA) is 49.4 Å². The molecule has 1 aliphatic rings. The lowest BCUT2D eigenvalue weighted by atomic mass is 10.0. The van der Waals surface area contributed by atoms with Crippen molar-refractivity contribution in [2.75, 3.05) is 20.6 Å². The minimum absolute atomic E-state index is 0.388. The van der Waals surface area contributed by atoms with E-state index in [1.54, 1.807) is 26.2 Å². The monoisotopic (exact) mass is 296 g/mol. The third-order valence-electron chi connectivity index (χ3n) is 3.83. The molecule has 0 heterocycles. The van der Waals surface area contributed by atoms with Crippen LogP contribution in [0.4, 0.5) is 0 Å². The Kier molecular flexibility index (Phi) is 4.83. The molecule has 5 heteroatoms. The van der Waals surface area contributed by atoms with Crippen LogP contribution in [0, 0.1) is 5.92 Å². The minimum atomic E-state index is -3.37. The third kappa shape index (κ3) is 3.40. The number of sulfonamides is 1. The van der Waals surface area contributed by atoms with Gasteiger partial charge in [-0.25, -0.2) is 12.7 Å². The molecular weight excluding hydrogens is 272 g/mol. The van der Waals surface area contributed by atoms with E-state index in [0.29, 0.717) is 16.9 Å². The first-order valence-electron chi connectivity index (χ1n) is 7.20. The SMILES string of the molecule is CCNC(Cc1ccccc1S(=O)(=O)N(C)C)C1CC1. The Bertz CT molecular complexity index is 551. The van der Waals surface area contributed by atoms with Crippen molar-refractivity contribution in [3.8, 4) is 0 Å². The summed E-state index contributed by atoms with van der Waals surface area (Å²) in [5.74, 6) is 0.699. The van der Waals surface area contributed by atoms with Crippen molar-refractivity contribution in [3.05, 3.63) is 29.8 Å². The number of hydrogen-bond acceptors (Lipinski definition) is 3. The number of nitrogens with zero attached hydrogens (tertiary/aromatic N) is 1. The molecule has 1 aromatic rings. The summed E-state index contributed by atoms with van der Waals surface area (Å²) in [6.07, 6.45) is 3.28. The molecule has 0 saturated heterocycles. The molecule has 20 heavy (non-hydrogen) atoms. The first-order valence-corrected chi connectivity index (χ1v) is 8.64. The Labute approximate surface area is 122 Å². The van der Waals surface area contributed by atoms with Gasteiger partial charge in [-0.3, -0.25) is 0 Å². The van der Waals surface area contributed by atoms with E-state index in [0.717, 1.165) is 18.5 Å². The second-order valence-electron chi connectivity index (χ2n) is 5.60. The number of rotatable bonds is 7. The van der Waals surface area contributed by atoms with E-state index in [4.69, 9.17) is 0 Å². The number of nitrogens with one attached hydrogen (secondary N) is 1. The Morgan fingerprint density at radius 3 is 2.50 bits per heavy atom.